The fourth-order valence-electron chi connectivity index (χ4n) is 3.41. The number of aromatic nitrogens is 4. The van der Waals surface area contributed by atoms with Crippen LogP contribution < -0.4 is 10.6 Å². The van der Waals surface area contributed by atoms with Crippen LogP contribution in [0, 0.1) is 0 Å². The van der Waals surface area contributed by atoms with Gasteiger partial charge in [-0.1, -0.05) is 72.2 Å². The Labute approximate surface area is 188 Å². The summed E-state index contributed by atoms with van der Waals surface area (Å²) >= 11 is 9.12. The summed E-state index contributed by atoms with van der Waals surface area (Å²) in [5.74, 6) is 0.783. The van der Waals surface area contributed by atoms with Gasteiger partial charge in [-0.15, -0.1) is 10.2 Å². The van der Waals surface area contributed by atoms with Crippen LogP contribution in [0.25, 0.3) is 0 Å². The Bertz CT molecular complexity index is 985. The molecule has 0 saturated heterocycles. The van der Waals surface area contributed by atoms with Crippen molar-refractivity contribution in [3.8, 4) is 0 Å². The number of carbonyl (C=O) groups is 1. The Kier molecular flexibility index (Phi) is 7.24. The number of rotatable bonds is 8. The highest BCUT2D eigenvalue weighted by Crippen LogP contribution is 2.28. The number of hydrogen-bond acceptors (Lipinski definition) is 7. The number of hydrogen-bond donors (Lipinski definition) is 2. The van der Waals surface area contributed by atoms with Crippen LogP contribution in [-0.2, 0) is 11.3 Å². The average Bonchev–Trinajstić information content (AvgIpc) is 3.38. The first-order chi connectivity index (χ1) is 14.7. The smallest absolute Gasteiger partial charge is 0.235 e. The van der Waals surface area contributed by atoms with Crippen molar-refractivity contribution in [2.75, 3.05) is 16.4 Å². The normalized spacial score (nSPS) is 14.6. The van der Waals surface area contributed by atoms with Gasteiger partial charge in [-0.05, 0) is 24.5 Å². The first-order valence-corrected chi connectivity index (χ1v) is 12.1. The molecule has 0 unspecified atom stereocenters. The molecule has 1 aliphatic carbocycles. The van der Waals surface area contributed by atoms with Gasteiger partial charge in [0.05, 0.1) is 18.5 Å². The molecular weight excluding hydrogens is 440 g/mol. The summed E-state index contributed by atoms with van der Waals surface area (Å²) in [5, 5.41) is 20.6. The number of thioether (sulfide) groups is 1. The van der Waals surface area contributed by atoms with E-state index in [0.717, 1.165) is 15.0 Å². The molecule has 0 bridgehead atoms. The molecule has 1 amide bonds. The third-order valence-corrected chi connectivity index (χ3v) is 7.28. The summed E-state index contributed by atoms with van der Waals surface area (Å²) in [6, 6.07) is 9.87. The summed E-state index contributed by atoms with van der Waals surface area (Å²) in [5.41, 5.74) is 0.944. The number of nitrogens with zero attached hydrogens (tertiary/aromatic N) is 4. The Hall–Kier alpha value is -2.10. The maximum Gasteiger partial charge on any atom is 0.235 e. The van der Waals surface area contributed by atoms with Gasteiger partial charge in [0.25, 0.3) is 0 Å². The van der Waals surface area contributed by atoms with E-state index < -0.39 is 0 Å². The van der Waals surface area contributed by atoms with Crippen molar-refractivity contribution in [2.24, 2.45) is 0 Å². The number of carbonyl (C=O) groups excluding carboxylic acids is 1. The van der Waals surface area contributed by atoms with Crippen LogP contribution in [0.2, 0.25) is 5.02 Å². The van der Waals surface area contributed by atoms with Gasteiger partial charge in [-0.3, -0.25) is 4.79 Å². The molecule has 1 saturated carbocycles. The van der Waals surface area contributed by atoms with Crippen molar-refractivity contribution in [3.63, 3.8) is 0 Å². The molecule has 7 nitrogen and oxygen atoms in total. The lowest BCUT2D eigenvalue weighted by molar-refractivity contribution is -0.113. The zero-order chi connectivity index (χ0) is 20.8. The van der Waals surface area contributed by atoms with Crippen molar-refractivity contribution in [3.05, 3.63) is 47.1 Å². The van der Waals surface area contributed by atoms with Crippen LogP contribution in [0.15, 0.2) is 40.9 Å². The van der Waals surface area contributed by atoms with Gasteiger partial charge in [0.2, 0.25) is 11.0 Å². The van der Waals surface area contributed by atoms with E-state index in [-0.39, 0.29) is 11.7 Å². The third-order valence-electron chi connectivity index (χ3n) is 4.93. The van der Waals surface area contributed by atoms with Crippen LogP contribution in [-0.4, -0.2) is 37.7 Å². The monoisotopic (exact) mass is 462 g/mol. The molecule has 158 valence electrons. The molecule has 3 aromatic rings. The average molecular weight is 463 g/mol. The van der Waals surface area contributed by atoms with Gasteiger partial charge < -0.3 is 10.6 Å². The Morgan fingerprint density at radius 3 is 2.87 bits per heavy atom. The van der Waals surface area contributed by atoms with E-state index in [4.69, 9.17) is 11.6 Å². The number of nitrogens with one attached hydrogen (secondary N) is 2. The van der Waals surface area contributed by atoms with E-state index in [9.17, 15) is 4.79 Å². The number of amides is 1. The maximum absolute atomic E-state index is 12.4. The first-order valence-electron chi connectivity index (χ1n) is 9.95. The van der Waals surface area contributed by atoms with Gasteiger partial charge in [0, 0.05) is 17.1 Å². The highest BCUT2D eigenvalue weighted by atomic mass is 35.5. The van der Waals surface area contributed by atoms with Crippen LogP contribution in [0.4, 0.5) is 10.9 Å². The van der Waals surface area contributed by atoms with Crippen LogP contribution >= 0.6 is 34.7 Å². The summed E-state index contributed by atoms with van der Waals surface area (Å²) in [7, 11) is 0. The van der Waals surface area contributed by atoms with Gasteiger partial charge in [-0.25, -0.2) is 4.68 Å². The van der Waals surface area contributed by atoms with Crippen LogP contribution in [0.1, 0.15) is 37.7 Å². The molecule has 30 heavy (non-hydrogen) atoms. The molecule has 1 fully saturated rings. The minimum Gasteiger partial charge on any atom is -0.357 e. The Morgan fingerprint density at radius 2 is 2.03 bits per heavy atom. The Balaban J connectivity index is 1.28. The summed E-state index contributed by atoms with van der Waals surface area (Å²) in [4.78, 5) is 12.4. The van der Waals surface area contributed by atoms with Gasteiger partial charge in [0.15, 0.2) is 4.34 Å². The van der Waals surface area contributed by atoms with E-state index in [1.54, 1.807) is 16.9 Å². The highest BCUT2D eigenvalue weighted by Gasteiger charge is 2.16. The van der Waals surface area contributed by atoms with E-state index in [2.05, 4.69) is 25.9 Å². The van der Waals surface area contributed by atoms with Gasteiger partial charge in [-0.2, -0.15) is 5.10 Å². The SMILES string of the molecule is O=C(CSc1nnc(NC2CCCCC2)s1)Nc1ccnn1Cc1ccccc1Cl. The third kappa shape index (κ3) is 5.74. The summed E-state index contributed by atoms with van der Waals surface area (Å²) in [6.45, 7) is 0.488. The first kappa shape index (κ1) is 21.1. The standard InChI is InChI=1S/C20H23ClN6OS2/c21-16-9-5-4-6-14(16)12-27-17(10-11-22-27)24-18(28)13-29-20-26-25-19(30-20)23-15-7-2-1-3-8-15/h4-6,9-11,15H,1-3,7-8,12-13H2,(H,23,25)(H,24,28). The zero-order valence-corrected chi connectivity index (χ0v) is 18.8. The van der Waals surface area contributed by atoms with Crippen LogP contribution in [0.5, 0.6) is 0 Å². The van der Waals surface area contributed by atoms with Crippen molar-refractivity contribution in [1.29, 1.82) is 0 Å². The van der Waals surface area contributed by atoms with E-state index in [0.29, 0.717) is 23.4 Å². The molecule has 0 radical (unpaired) electrons. The minimum atomic E-state index is -0.113. The second-order valence-corrected chi connectivity index (χ2v) is 9.76. The molecule has 10 heteroatoms. The lowest BCUT2D eigenvalue weighted by atomic mass is 9.96. The molecule has 2 aromatic heterocycles. The maximum atomic E-state index is 12.4. The van der Waals surface area contributed by atoms with Crippen molar-refractivity contribution in [2.45, 2.75) is 49.0 Å². The molecule has 4 rings (SSSR count). The number of anilines is 2. The lowest BCUT2D eigenvalue weighted by Gasteiger charge is -2.21. The Morgan fingerprint density at radius 1 is 1.20 bits per heavy atom. The number of halogens is 1. The van der Waals surface area contributed by atoms with Crippen molar-refractivity contribution in [1.82, 2.24) is 20.0 Å². The van der Waals surface area contributed by atoms with E-state index >= 15 is 0 Å². The molecule has 0 spiro atoms. The topological polar surface area (TPSA) is 84.7 Å². The zero-order valence-electron chi connectivity index (χ0n) is 16.4. The predicted molar refractivity (Wildman–Crippen MR) is 123 cm³/mol. The van der Waals surface area contributed by atoms with Crippen molar-refractivity contribution >= 4 is 51.6 Å². The van der Waals surface area contributed by atoms with Crippen molar-refractivity contribution < 1.29 is 4.79 Å². The molecule has 0 aliphatic heterocycles. The quantitative estimate of drug-likeness (QED) is 0.462. The van der Waals surface area contributed by atoms with Gasteiger partial charge >= 0.3 is 0 Å². The molecule has 1 aromatic carbocycles. The largest absolute Gasteiger partial charge is 0.357 e. The lowest BCUT2D eigenvalue weighted by Crippen LogP contribution is -2.21. The molecule has 2 heterocycles. The predicted octanol–water partition coefficient (Wildman–Crippen LogP) is 4.91. The fraction of sp³-hybridized carbons (Fsp3) is 0.400. The highest BCUT2D eigenvalue weighted by molar-refractivity contribution is 8.01. The van der Waals surface area contributed by atoms with Gasteiger partial charge in [0.1, 0.15) is 5.82 Å². The molecule has 2 N–H and O–H groups in total. The summed E-state index contributed by atoms with van der Waals surface area (Å²) < 4.78 is 2.51. The fourth-order valence-corrected chi connectivity index (χ4v) is 5.23. The second kappa shape index (κ2) is 10.3. The van der Waals surface area contributed by atoms with E-state index in [1.807, 2.05) is 24.3 Å². The second-order valence-electron chi connectivity index (χ2n) is 7.15. The minimum absolute atomic E-state index is 0.113. The molecular formula is C20H23ClN6OS2. The molecule has 0 atom stereocenters. The number of benzene rings is 1. The van der Waals surface area contributed by atoms with E-state index in [1.165, 1.54) is 55.2 Å². The van der Waals surface area contributed by atoms with Crippen LogP contribution in [0.3, 0.4) is 0 Å². The molecule has 1 aliphatic rings. The summed E-state index contributed by atoms with van der Waals surface area (Å²) in [6.07, 6.45) is 7.89.